The van der Waals surface area contributed by atoms with E-state index in [9.17, 15) is 9.59 Å². The largest absolute Gasteiger partial charge is 0.350 e. The van der Waals surface area contributed by atoms with E-state index >= 15 is 0 Å². The van der Waals surface area contributed by atoms with Gasteiger partial charge in [0, 0.05) is 34.4 Å². The summed E-state index contributed by atoms with van der Waals surface area (Å²) in [5.41, 5.74) is 6.92. The lowest BCUT2D eigenvalue weighted by molar-refractivity contribution is 0.0711. The molecule has 2 amide bonds. The van der Waals surface area contributed by atoms with Gasteiger partial charge in [-0.25, -0.2) is 5.48 Å². The second kappa shape index (κ2) is 8.11. The van der Waals surface area contributed by atoms with Crippen LogP contribution in [-0.4, -0.2) is 33.5 Å². The molecule has 3 N–H and O–H groups in total. The van der Waals surface area contributed by atoms with Crippen LogP contribution in [0.5, 0.6) is 0 Å². The number of amides is 2. The van der Waals surface area contributed by atoms with Crippen LogP contribution in [0.2, 0.25) is 0 Å². The zero-order valence-corrected chi connectivity index (χ0v) is 18.2. The minimum absolute atomic E-state index is 0.0931. The number of nitrogens with one attached hydrogen (secondary N) is 2. The predicted molar refractivity (Wildman–Crippen MR) is 126 cm³/mol. The van der Waals surface area contributed by atoms with Crippen molar-refractivity contribution in [1.29, 1.82) is 0 Å². The second-order valence-corrected chi connectivity index (χ2v) is 8.72. The zero-order valence-electron chi connectivity index (χ0n) is 17.4. The number of fused-ring (bicyclic) bond motifs is 2. The van der Waals surface area contributed by atoms with E-state index in [2.05, 4.69) is 4.98 Å². The number of thiophene rings is 1. The summed E-state index contributed by atoms with van der Waals surface area (Å²) < 4.78 is 0. The monoisotopic (exact) mass is 443 g/mol. The summed E-state index contributed by atoms with van der Waals surface area (Å²) in [6.45, 7) is 2.77. The van der Waals surface area contributed by atoms with E-state index in [0.29, 0.717) is 23.7 Å². The van der Waals surface area contributed by atoms with Crippen LogP contribution >= 0.6 is 11.3 Å². The Bertz CT molecular complexity index is 1370. The number of para-hydroxylation sites is 1. The van der Waals surface area contributed by atoms with Gasteiger partial charge in [0.15, 0.2) is 0 Å². The van der Waals surface area contributed by atoms with E-state index in [4.69, 9.17) is 5.21 Å². The molecule has 3 heterocycles. The first-order chi connectivity index (χ1) is 15.6. The average Bonchev–Trinajstić information content (AvgIpc) is 3.44. The molecule has 0 fully saturated rings. The molecule has 1 aliphatic rings. The molecule has 32 heavy (non-hydrogen) atoms. The molecule has 0 saturated carbocycles. The molecule has 6 nitrogen and oxygen atoms in total. The van der Waals surface area contributed by atoms with Gasteiger partial charge in [-0.15, -0.1) is 11.3 Å². The first kappa shape index (κ1) is 20.2. The number of hydrogen-bond acceptors (Lipinski definition) is 4. The third kappa shape index (κ3) is 3.32. The highest BCUT2D eigenvalue weighted by molar-refractivity contribution is 7.15. The predicted octanol–water partition coefficient (Wildman–Crippen LogP) is 5.07. The normalized spacial score (nSPS) is 14.6. The van der Waals surface area contributed by atoms with E-state index in [1.165, 1.54) is 11.3 Å². The second-order valence-electron chi connectivity index (χ2n) is 7.67. The molecule has 7 heteroatoms. The molecule has 5 rings (SSSR count). The fraction of sp³-hybridized carbons (Fsp3) is 0.120. The number of nitrogens with zero attached hydrogens (tertiary/aromatic N) is 1. The molecular formula is C25H21N3O3S. The van der Waals surface area contributed by atoms with Crippen molar-refractivity contribution in [1.82, 2.24) is 15.4 Å². The summed E-state index contributed by atoms with van der Waals surface area (Å²) in [5.74, 6) is -0.635. The van der Waals surface area contributed by atoms with E-state index in [0.717, 1.165) is 38.0 Å². The Morgan fingerprint density at radius 1 is 1.09 bits per heavy atom. The van der Waals surface area contributed by atoms with E-state index < -0.39 is 5.91 Å². The maximum atomic E-state index is 13.8. The molecule has 0 saturated heterocycles. The van der Waals surface area contributed by atoms with Gasteiger partial charge in [0.05, 0.1) is 4.88 Å². The van der Waals surface area contributed by atoms with Crippen molar-refractivity contribution in [3.8, 4) is 11.1 Å². The van der Waals surface area contributed by atoms with Gasteiger partial charge in [-0.1, -0.05) is 54.6 Å². The highest BCUT2D eigenvalue weighted by Crippen LogP contribution is 2.37. The molecule has 160 valence electrons. The van der Waals surface area contributed by atoms with Crippen molar-refractivity contribution < 1.29 is 14.8 Å². The highest BCUT2D eigenvalue weighted by Gasteiger charge is 2.30. The third-order valence-corrected chi connectivity index (χ3v) is 7.02. The molecule has 2 aromatic heterocycles. The molecule has 0 radical (unpaired) electrons. The van der Waals surface area contributed by atoms with Gasteiger partial charge in [-0.2, -0.15) is 0 Å². The number of aromatic amines is 1. The summed E-state index contributed by atoms with van der Waals surface area (Å²) in [7, 11) is 0. The van der Waals surface area contributed by atoms with E-state index in [-0.39, 0.29) is 5.91 Å². The lowest BCUT2D eigenvalue weighted by Gasteiger charge is -2.29. The van der Waals surface area contributed by atoms with Gasteiger partial charge in [-0.05, 0) is 35.8 Å². The summed E-state index contributed by atoms with van der Waals surface area (Å²) in [6, 6.07) is 19.6. The van der Waals surface area contributed by atoms with E-state index in [1.54, 1.807) is 16.4 Å². The Balaban J connectivity index is 1.58. The van der Waals surface area contributed by atoms with Gasteiger partial charge >= 0.3 is 0 Å². The number of H-pyrrole nitrogens is 1. The Kier molecular flexibility index (Phi) is 5.13. The van der Waals surface area contributed by atoms with Gasteiger partial charge < -0.3 is 9.88 Å². The van der Waals surface area contributed by atoms with Crippen molar-refractivity contribution in [2.45, 2.75) is 13.5 Å². The fourth-order valence-corrected chi connectivity index (χ4v) is 5.38. The van der Waals surface area contributed by atoms with Crippen molar-refractivity contribution >= 4 is 39.6 Å². The number of hydrogen-bond donors (Lipinski definition) is 3. The zero-order chi connectivity index (χ0) is 22.2. The molecule has 4 aromatic rings. The lowest BCUT2D eigenvalue weighted by Crippen LogP contribution is -2.35. The van der Waals surface area contributed by atoms with Crippen LogP contribution in [0.3, 0.4) is 0 Å². The van der Waals surface area contributed by atoms with Crippen molar-refractivity contribution in [3.63, 3.8) is 0 Å². The van der Waals surface area contributed by atoms with Crippen molar-refractivity contribution in [3.05, 3.63) is 87.8 Å². The SMILES string of the molecule is C/C=C1\CN(C(=O)c2[nH]c3ccccc3c2-c2ccccc2)Cc2cc(C(=O)NO)sc21. The summed E-state index contributed by atoms with van der Waals surface area (Å²) in [4.78, 5) is 32.2. The molecular weight excluding hydrogens is 422 g/mol. The summed E-state index contributed by atoms with van der Waals surface area (Å²) in [6.07, 6.45) is 1.97. The molecule has 0 atom stereocenters. The van der Waals surface area contributed by atoms with Crippen molar-refractivity contribution in [2.24, 2.45) is 0 Å². The summed E-state index contributed by atoms with van der Waals surface area (Å²) >= 11 is 1.33. The van der Waals surface area contributed by atoms with Gasteiger partial charge in [-0.3, -0.25) is 14.8 Å². The third-order valence-electron chi connectivity index (χ3n) is 5.77. The topological polar surface area (TPSA) is 85.4 Å². The van der Waals surface area contributed by atoms with Gasteiger partial charge in [0.1, 0.15) is 5.69 Å². The number of carbonyl (C=O) groups is 2. The fourth-order valence-electron chi connectivity index (χ4n) is 4.26. The molecule has 0 bridgehead atoms. The van der Waals surface area contributed by atoms with Crippen LogP contribution in [0, 0.1) is 0 Å². The quantitative estimate of drug-likeness (QED) is 0.305. The average molecular weight is 444 g/mol. The Hall–Kier alpha value is -3.68. The molecule has 1 aliphatic heterocycles. The maximum absolute atomic E-state index is 13.8. The van der Waals surface area contributed by atoms with Crippen LogP contribution in [-0.2, 0) is 6.54 Å². The standard InChI is InChI=1S/C25H21N3O3S/c1-2-15-13-28(14-17-12-20(24(29)27-31)32-23(15)17)25(30)22-21(16-8-4-3-5-9-16)18-10-6-7-11-19(18)26-22/h2-12,26,31H,13-14H2,1H3,(H,27,29)/b15-2+. The minimum Gasteiger partial charge on any atom is -0.350 e. The Morgan fingerprint density at radius 3 is 2.59 bits per heavy atom. The summed E-state index contributed by atoms with van der Waals surface area (Å²) in [5, 5.41) is 10.00. The number of rotatable bonds is 3. The van der Waals surface area contributed by atoms with Crippen LogP contribution < -0.4 is 5.48 Å². The van der Waals surface area contributed by atoms with Crippen LogP contribution in [0.25, 0.3) is 27.6 Å². The number of benzene rings is 2. The maximum Gasteiger partial charge on any atom is 0.284 e. The lowest BCUT2D eigenvalue weighted by atomic mass is 9.99. The number of allylic oxidation sites excluding steroid dienone is 1. The Morgan fingerprint density at radius 2 is 1.84 bits per heavy atom. The first-order valence-electron chi connectivity index (χ1n) is 10.3. The molecule has 2 aromatic carbocycles. The smallest absolute Gasteiger partial charge is 0.284 e. The highest BCUT2D eigenvalue weighted by atomic mass is 32.1. The number of carbonyl (C=O) groups excluding carboxylic acids is 2. The molecule has 0 unspecified atom stereocenters. The Labute approximate surface area is 188 Å². The molecule has 0 aliphatic carbocycles. The van der Waals surface area contributed by atoms with Gasteiger partial charge in [0.25, 0.3) is 11.8 Å². The first-order valence-corrected chi connectivity index (χ1v) is 11.1. The number of hydroxylamine groups is 1. The van der Waals surface area contributed by atoms with Crippen LogP contribution in [0.1, 0.15) is 37.5 Å². The van der Waals surface area contributed by atoms with Crippen LogP contribution in [0.15, 0.2) is 66.7 Å². The van der Waals surface area contributed by atoms with Crippen LogP contribution in [0.4, 0.5) is 0 Å². The minimum atomic E-state index is -0.542. The van der Waals surface area contributed by atoms with Gasteiger partial charge in [0.2, 0.25) is 0 Å². The number of aromatic nitrogens is 1. The molecule has 0 spiro atoms. The van der Waals surface area contributed by atoms with Crippen molar-refractivity contribution in [2.75, 3.05) is 6.54 Å². The van der Waals surface area contributed by atoms with E-state index in [1.807, 2.05) is 67.6 Å².